The van der Waals surface area contributed by atoms with Crippen LogP contribution in [0.25, 0.3) is 0 Å². The van der Waals surface area contributed by atoms with Crippen LogP contribution in [-0.2, 0) is 21.3 Å². The molecule has 0 spiro atoms. The third-order valence-electron chi connectivity index (χ3n) is 2.14. The van der Waals surface area contributed by atoms with Crippen LogP contribution in [0.2, 0.25) is 0 Å². The summed E-state index contributed by atoms with van der Waals surface area (Å²) in [5, 5.41) is 9.10. The highest BCUT2D eigenvalue weighted by Gasteiger charge is 2.14. The third-order valence-corrected chi connectivity index (χ3v) is 2.74. The SMILES string of the molecule is CCOC(=O)Cc1cc(C#N)cc(CBr)c1F. The van der Waals surface area contributed by atoms with Gasteiger partial charge in [0.05, 0.1) is 24.7 Å². The second-order valence-corrected chi connectivity index (χ2v) is 3.90. The lowest BCUT2D eigenvalue weighted by atomic mass is 10.0. The maximum atomic E-state index is 13.8. The van der Waals surface area contributed by atoms with Crippen molar-refractivity contribution in [2.75, 3.05) is 6.61 Å². The van der Waals surface area contributed by atoms with Crippen LogP contribution in [-0.4, -0.2) is 12.6 Å². The van der Waals surface area contributed by atoms with Gasteiger partial charge in [0.25, 0.3) is 0 Å². The van der Waals surface area contributed by atoms with E-state index in [-0.39, 0.29) is 18.6 Å². The first-order chi connectivity index (χ1) is 8.12. The number of benzene rings is 1. The van der Waals surface area contributed by atoms with Crippen molar-refractivity contribution in [1.29, 1.82) is 5.26 Å². The van der Waals surface area contributed by atoms with Crippen LogP contribution in [0.5, 0.6) is 0 Å². The lowest BCUT2D eigenvalue weighted by molar-refractivity contribution is -0.142. The van der Waals surface area contributed by atoms with E-state index in [1.54, 1.807) is 6.92 Å². The van der Waals surface area contributed by atoms with Gasteiger partial charge in [-0.1, -0.05) is 15.9 Å². The number of carbonyl (C=O) groups is 1. The Morgan fingerprint density at radius 3 is 2.71 bits per heavy atom. The van der Waals surface area contributed by atoms with Gasteiger partial charge in [-0.15, -0.1) is 0 Å². The highest BCUT2D eigenvalue weighted by molar-refractivity contribution is 9.08. The van der Waals surface area contributed by atoms with Crippen LogP contribution in [0.15, 0.2) is 12.1 Å². The Hall–Kier alpha value is -1.41. The van der Waals surface area contributed by atoms with E-state index in [4.69, 9.17) is 10.00 Å². The summed E-state index contributed by atoms with van der Waals surface area (Å²) in [7, 11) is 0. The molecule has 3 nitrogen and oxygen atoms in total. The van der Waals surface area contributed by atoms with Gasteiger partial charge in [-0.3, -0.25) is 4.79 Å². The molecule has 17 heavy (non-hydrogen) atoms. The van der Waals surface area contributed by atoms with Crippen molar-refractivity contribution in [3.8, 4) is 6.07 Å². The summed E-state index contributed by atoms with van der Waals surface area (Å²) in [4.78, 5) is 11.3. The van der Waals surface area contributed by atoms with Gasteiger partial charge in [-0.05, 0) is 24.6 Å². The Morgan fingerprint density at radius 1 is 1.53 bits per heavy atom. The van der Waals surface area contributed by atoms with E-state index >= 15 is 0 Å². The van der Waals surface area contributed by atoms with E-state index in [1.807, 2.05) is 6.07 Å². The number of nitrogens with zero attached hydrogens (tertiary/aromatic N) is 1. The van der Waals surface area contributed by atoms with E-state index in [0.717, 1.165) is 0 Å². The van der Waals surface area contributed by atoms with Gasteiger partial charge >= 0.3 is 5.97 Å². The number of nitriles is 1. The zero-order valence-electron chi connectivity index (χ0n) is 9.30. The van der Waals surface area contributed by atoms with Crippen LogP contribution in [0.1, 0.15) is 23.6 Å². The van der Waals surface area contributed by atoms with Crippen LogP contribution in [0, 0.1) is 17.1 Å². The fraction of sp³-hybridized carbons (Fsp3) is 0.333. The Morgan fingerprint density at radius 2 is 2.18 bits per heavy atom. The number of rotatable bonds is 4. The number of hydrogen-bond donors (Lipinski definition) is 0. The summed E-state index contributed by atoms with van der Waals surface area (Å²) < 4.78 is 18.6. The smallest absolute Gasteiger partial charge is 0.310 e. The molecule has 0 bridgehead atoms. The monoisotopic (exact) mass is 299 g/mol. The van der Waals surface area contributed by atoms with E-state index in [1.165, 1.54) is 12.1 Å². The van der Waals surface area contributed by atoms with Gasteiger partial charge in [0.2, 0.25) is 0 Å². The average Bonchev–Trinajstić information content (AvgIpc) is 2.32. The number of ether oxygens (including phenoxy) is 1. The lowest BCUT2D eigenvalue weighted by Crippen LogP contribution is -2.10. The Bertz CT molecular complexity index is 468. The number of hydrogen-bond acceptors (Lipinski definition) is 3. The van der Waals surface area contributed by atoms with Gasteiger partial charge in [-0.2, -0.15) is 5.26 Å². The molecule has 0 N–H and O–H groups in total. The summed E-state index contributed by atoms with van der Waals surface area (Å²) in [6.07, 6.45) is -0.158. The van der Waals surface area contributed by atoms with Gasteiger partial charge in [0.15, 0.2) is 0 Å². The lowest BCUT2D eigenvalue weighted by Gasteiger charge is -2.07. The standard InChI is InChI=1S/C12H11BrFNO2/c1-2-17-11(16)5-9-3-8(7-15)4-10(6-13)12(9)14/h3-4H,2,5-6H2,1H3. The molecule has 1 rings (SSSR count). The van der Waals surface area contributed by atoms with Gasteiger partial charge in [-0.25, -0.2) is 4.39 Å². The van der Waals surface area contributed by atoms with E-state index in [9.17, 15) is 9.18 Å². The first-order valence-electron chi connectivity index (χ1n) is 5.05. The molecule has 1 aromatic carbocycles. The number of esters is 1. The summed E-state index contributed by atoms with van der Waals surface area (Å²) >= 11 is 3.14. The Balaban J connectivity index is 3.06. The molecule has 5 heteroatoms. The molecule has 0 unspecified atom stereocenters. The summed E-state index contributed by atoms with van der Waals surface area (Å²) in [5.41, 5.74) is 0.889. The highest BCUT2D eigenvalue weighted by atomic mass is 79.9. The summed E-state index contributed by atoms with van der Waals surface area (Å²) in [6.45, 7) is 1.94. The highest BCUT2D eigenvalue weighted by Crippen LogP contribution is 2.19. The van der Waals surface area contributed by atoms with Gasteiger partial charge < -0.3 is 4.74 Å². The Kier molecular flexibility index (Phi) is 5.11. The molecule has 0 amide bonds. The molecule has 0 atom stereocenters. The molecule has 90 valence electrons. The van der Waals surface area contributed by atoms with Crippen molar-refractivity contribution >= 4 is 21.9 Å². The second kappa shape index (κ2) is 6.36. The molecule has 1 aromatic rings. The van der Waals surface area contributed by atoms with E-state index < -0.39 is 11.8 Å². The molecule has 0 aromatic heterocycles. The first-order valence-corrected chi connectivity index (χ1v) is 6.17. The van der Waals surface area contributed by atoms with Crippen LogP contribution in [0.3, 0.4) is 0 Å². The van der Waals surface area contributed by atoms with E-state index in [0.29, 0.717) is 16.5 Å². The molecular weight excluding hydrogens is 289 g/mol. The summed E-state index contributed by atoms with van der Waals surface area (Å²) in [5.74, 6) is -0.962. The molecule has 0 aliphatic carbocycles. The first kappa shape index (κ1) is 13.7. The molecular formula is C12H11BrFNO2. The average molecular weight is 300 g/mol. The molecule has 0 heterocycles. The predicted octanol–water partition coefficient (Wildman–Crippen LogP) is 2.70. The fourth-order valence-electron chi connectivity index (χ4n) is 1.41. The number of halogens is 2. The van der Waals surface area contributed by atoms with Crippen molar-refractivity contribution in [2.24, 2.45) is 0 Å². The number of alkyl halides is 1. The quantitative estimate of drug-likeness (QED) is 0.634. The molecule has 0 saturated carbocycles. The minimum atomic E-state index is -0.498. The third kappa shape index (κ3) is 3.53. The van der Waals surface area contributed by atoms with Crippen molar-refractivity contribution in [1.82, 2.24) is 0 Å². The largest absolute Gasteiger partial charge is 0.466 e. The van der Waals surface area contributed by atoms with Crippen molar-refractivity contribution < 1.29 is 13.9 Å². The van der Waals surface area contributed by atoms with Gasteiger partial charge in [0, 0.05) is 10.9 Å². The van der Waals surface area contributed by atoms with Crippen LogP contribution < -0.4 is 0 Å². The minimum Gasteiger partial charge on any atom is -0.466 e. The summed E-state index contributed by atoms with van der Waals surface area (Å²) in [6, 6.07) is 4.77. The number of carbonyl (C=O) groups excluding carboxylic acids is 1. The molecule has 0 radical (unpaired) electrons. The normalized spacial score (nSPS) is 9.76. The molecule has 0 fully saturated rings. The van der Waals surface area contributed by atoms with Crippen molar-refractivity contribution in [3.63, 3.8) is 0 Å². The molecule has 0 aliphatic heterocycles. The zero-order chi connectivity index (χ0) is 12.8. The maximum absolute atomic E-state index is 13.8. The minimum absolute atomic E-state index is 0.158. The molecule has 0 aliphatic rings. The van der Waals surface area contributed by atoms with Gasteiger partial charge in [0.1, 0.15) is 5.82 Å². The topological polar surface area (TPSA) is 50.1 Å². The van der Waals surface area contributed by atoms with Crippen molar-refractivity contribution in [3.05, 3.63) is 34.6 Å². The fourth-order valence-corrected chi connectivity index (χ4v) is 1.82. The van der Waals surface area contributed by atoms with Crippen molar-refractivity contribution in [2.45, 2.75) is 18.7 Å². The van der Waals surface area contributed by atoms with E-state index in [2.05, 4.69) is 15.9 Å². The van der Waals surface area contributed by atoms with Crippen LogP contribution in [0.4, 0.5) is 4.39 Å². The maximum Gasteiger partial charge on any atom is 0.310 e. The molecule has 0 saturated heterocycles. The Labute approximate surface area is 107 Å². The second-order valence-electron chi connectivity index (χ2n) is 3.34. The zero-order valence-corrected chi connectivity index (χ0v) is 10.9. The van der Waals surface area contributed by atoms with Crippen LogP contribution >= 0.6 is 15.9 Å². The predicted molar refractivity (Wildman–Crippen MR) is 64.1 cm³/mol.